The minimum Gasteiger partial charge on any atom is -0.330 e. The van der Waals surface area contributed by atoms with Gasteiger partial charge in [0.25, 0.3) is 0 Å². The van der Waals surface area contributed by atoms with E-state index in [1.54, 1.807) is 0 Å². The van der Waals surface area contributed by atoms with Crippen LogP contribution >= 0.6 is 0 Å². The first-order valence-corrected chi connectivity index (χ1v) is 13.6. The molecule has 0 aliphatic carbocycles. The molecular weight excluding hydrogens is 454 g/mol. The fourth-order valence-electron chi connectivity index (χ4n) is 5.23. The molecule has 0 aliphatic rings. The van der Waals surface area contributed by atoms with E-state index in [4.69, 9.17) is 5.73 Å². The van der Waals surface area contributed by atoms with Gasteiger partial charge >= 0.3 is 0 Å². The summed E-state index contributed by atoms with van der Waals surface area (Å²) < 4.78 is 0. The summed E-state index contributed by atoms with van der Waals surface area (Å²) >= 11 is 0. The molecule has 0 fully saturated rings. The first kappa shape index (κ1) is 28.2. The van der Waals surface area contributed by atoms with Crippen LogP contribution in [0.1, 0.15) is 75.6 Å². The normalized spacial score (nSPS) is 13.6. The largest absolute Gasteiger partial charge is 0.330 e. The Morgan fingerprint density at radius 1 is 0.892 bits per heavy atom. The molecule has 0 aliphatic heterocycles. The van der Waals surface area contributed by atoms with Gasteiger partial charge in [-0.3, -0.25) is 4.79 Å². The predicted octanol–water partition coefficient (Wildman–Crippen LogP) is 7.02. The van der Waals surface area contributed by atoms with Gasteiger partial charge in [-0.1, -0.05) is 125 Å². The van der Waals surface area contributed by atoms with Gasteiger partial charge in [0.2, 0.25) is 5.91 Å². The minimum atomic E-state index is -0.616. The summed E-state index contributed by atoms with van der Waals surface area (Å²) in [6, 6.07) is 32.3. The van der Waals surface area contributed by atoms with Crippen LogP contribution in [0, 0.1) is 17.2 Å². The van der Waals surface area contributed by atoms with E-state index in [0.29, 0.717) is 25.8 Å². The second-order valence-electron chi connectivity index (χ2n) is 10.2. The van der Waals surface area contributed by atoms with Gasteiger partial charge in [-0.15, -0.1) is 0 Å². The van der Waals surface area contributed by atoms with E-state index in [-0.39, 0.29) is 17.9 Å². The van der Waals surface area contributed by atoms with Crippen molar-refractivity contribution < 1.29 is 4.79 Å². The van der Waals surface area contributed by atoms with Gasteiger partial charge in [-0.25, -0.2) is 0 Å². The van der Waals surface area contributed by atoms with E-state index in [0.717, 1.165) is 29.5 Å². The fraction of sp³-hybridized carbons (Fsp3) is 0.394. The second-order valence-corrected chi connectivity index (χ2v) is 10.2. The quantitative estimate of drug-likeness (QED) is 0.277. The van der Waals surface area contributed by atoms with Gasteiger partial charge in [0.1, 0.15) is 0 Å². The van der Waals surface area contributed by atoms with E-state index in [1.165, 1.54) is 0 Å². The molecule has 4 nitrogen and oxygen atoms in total. The molecular formula is C33H41N3O. The van der Waals surface area contributed by atoms with Crippen molar-refractivity contribution in [2.45, 2.75) is 70.4 Å². The lowest BCUT2D eigenvalue weighted by atomic mass is 9.70. The number of carbonyl (C=O) groups excluding carboxylic acids is 1. The number of rotatable bonds is 13. The summed E-state index contributed by atoms with van der Waals surface area (Å²) in [7, 11) is 0. The SMILES string of the molecule is CCCC[C@H](N)C(=O)N(CCC[C@@](C#N)(c1ccccc1)C(C)C)C(c1ccccc1)c1ccccc1. The molecule has 1 amide bonds. The Hall–Kier alpha value is -3.42. The molecule has 0 bridgehead atoms. The average molecular weight is 496 g/mol. The van der Waals surface area contributed by atoms with Crippen LogP contribution in [0.15, 0.2) is 91.0 Å². The highest BCUT2D eigenvalue weighted by atomic mass is 16.2. The van der Waals surface area contributed by atoms with Gasteiger partial charge in [0.15, 0.2) is 0 Å². The van der Waals surface area contributed by atoms with Crippen LogP contribution in [0.25, 0.3) is 0 Å². The summed E-state index contributed by atoms with van der Waals surface area (Å²) in [4.78, 5) is 15.9. The monoisotopic (exact) mass is 495 g/mol. The molecule has 0 unspecified atom stereocenters. The molecule has 0 saturated heterocycles. The summed E-state index contributed by atoms with van der Waals surface area (Å²) in [5.41, 5.74) is 9.01. The van der Waals surface area contributed by atoms with Gasteiger partial charge in [0, 0.05) is 6.54 Å². The Morgan fingerprint density at radius 3 is 1.86 bits per heavy atom. The summed E-state index contributed by atoms with van der Waals surface area (Å²) in [6.07, 6.45) is 3.94. The molecule has 2 atom stereocenters. The van der Waals surface area contributed by atoms with Crippen molar-refractivity contribution in [1.82, 2.24) is 4.90 Å². The average Bonchev–Trinajstić information content (AvgIpc) is 2.94. The van der Waals surface area contributed by atoms with Gasteiger partial charge in [-0.05, 0) is 41.9 Å². The van der Waals surface area contributed by atoms with E-state index in [1.807, 2.05) is 71.6 Å². The van der Waals surface area contributed by atoms with E-state index < -0.39 is 11.5 Å². The maximum atomic E-state index is 13.9. The molecule has 194 valence electrons. The van der Waals surface area contributed by atoms with Crippen molar-refractivity contribution in [3.05, 3.63) is 108 Å². The Morgan fingerprint density at radius 2 is 1.41 bits per heavy atom. The molecule has 0 aromatic heterocycles. The zero-order valence-electron chi connectivity index (χ0n) is 22.5. The van der Waals surface area contributed by atoms with Crippen LogP contribution < -0.4 is 5.73 Å². The van der Waals surface area contributed by atoms with Gasteiger partial charge in [-0.2, -0.15) is 5.26 Å². The molecule has 0 heterocycles. The smallest absolute Gasteiger partial charge is 0.240 e. The molecule has 2 N–H and O–H groups in total. The number of nitrogens with zero attached hydrogens (tertiary/aromatic N) is 2. The number of benzene rings is 3. The number of amides is 1. The van der Waals surface area contributed by atoms with Crippen LogP contribution in [0.3, 0.4) is 0 Å². The van der Waals surface area contributed by atoms with Crippen molar-refractivity contribution in [1.29, 1.82) is 5.26 Å². The molecule has 4 heteroatoms. The second kappa shape index (κ2) is 13.8. The standard InChI is InChI=1S/C33H41N3O/c1-4-5-22-30(35)32(37)36(31(27-16-9-6-10-17-27)28-18-11-7-12-19-28)24-15-23-33(25-34,26(2)3)29-20-13-8-14-21-29/h6-14,16-21,26,30-31H,4-5,15,22-24,35H2,1-3H3/t30-,33-/m0/s1. The first-order chi connectivity index (χ1) is 17.9. The lowest BCUT2D eigenvalue weighted by Crippen LogP contribution is -2.46. The Bertz CT molecular complexity index is 1080. The minimum absolute atomic E-state index is 0.0297. The summed E-state index contributed by atoms with van der Waals surface area (Å²) in [6.45, 7) is 6.85. The highest BCUT2D eigenvalue weighted by Crippen LogP contribution is 2.37. The first-order valence-electron chi connectivity index (χ1n) is 13.6. The predicted molar refractivity (Wildman–Crippen MR) is 152 cm³/mol. The van der Waals surface area contributed by atoms with Crippen LogP contribution in [0.2, 0.25) is 0 Å². The van der Waals surface area contributed by atoms with Crippen molar-refractivity contribution >= 4 is 5.91 Å². The summed E-state index contributed by atoms with van der Waals surface area (Å²) in [5.74, 6) is 0.105. The molecule has 0 saturated carbocycles. The number of carbonyl (C=O) groups is 1. The highest BCUT2D eigenvalue weighted by molar-refractivity contribution is 5.82. The molecule has 3 aromatic carbocycles. The molecule has 3 aromatic rings. The number of hydrogen-bond donors (Lipinski definition) is 1. The van der Waals surface area contributed by atoms with Crippen LogP contribution in [0.4, 0.5) is 0 Å². The highest BCUT2D eigenvalue weighted by Gasteiger charge is 2.37. The lowest BCUT2D eigenvalue weighted by molar-refractivity contribution is -0.134. The maximum Gasteiger partial charge on any atom is 0.240 e. The van der Waals surface area contributed by atoms with Crippen molar-refractivity contribution in [2.75, 3.05) is 6.54 Å². The molecule has 3 rings (SSSR count). The Labute approximate surface area is 223 Å². The Balaban J connectivity index is 1.97. The number of nitrogens with two attached hydrogens (primary N) is 1. The van der Waals surface area contributed by atoms with E-state index in [9.17, 15) is 10.1 Å². The lowest BCUT2D eigenvalue weighted by Gasteiger charge is -2.36. The molecule has 0 radical (unpaired) electrons. The zero-order valence-corrected chi connectivity index (χ0v) is 22.5. The van der Waals surface area contributed by atoms with Crippen LogP contribution in [0.5, 0.6) is 0 Å². The van der Waals surface area contributed by atoms with E-state index >= 15 is 0 Å². The zero-order chi connectivity index (χ0) is 26.7. The summed E-state index contributed by atoms with van der Waals surface area (Å²) in [5, 5.41) is 10.4. The third-order valence-corrected chi connectivity index (χ3v) is 7.46. The van der Waals surface area contributed by atoms with Crippen molar-refractivity contribution in [2.24, 2.45) is 11.7 Å². The maximum absolute atomic E-state index is 13.9. The van der Waals surface area contributed by atoms with Crippen LogP contribution in [-0.4, -0.2) is 23.4 Å². The number of nitriles is 1. The number of hydrogen-bond acceptors (Lipinski definition) is 3. The Kier molecular flexibility index (Phi) is 10.5. The van der Waals surface area contributed by atoms with Gasteiger partial charge < -0.3 is 10.6 Å². The fourth-order valence-corrected chi connectivity index (χ4v) is 5.23. The third kappa shape index (κ3) is 6.87. The van der Waals surface area contributed by atoms with Crippen LogP contribution in [-0.2, 0) is 10.2 Å². The third-order valence-electron chi connectivity index (χ3n) is 7.46. The van der Waals surface area contributed by atoms with Gasteiger partial charge in [0.05, 0.1) is 23.6 Å². The van der Waals surface area contributed by atoms with E-state index in [2.05, 4.69) is 51.1 Å². The molecule has 0 spiro atoms. The van der Waals surface area contributed by atoms with Crippen molar-refractivity contribution in [3.63, 3.8) is 0 Å². The molecule has 37 heavy (non-hydrogen) atoms. The number of unbranched alkanes of at least 4 members (excludes halogenated alkanes) is 1. The topological polar surface area (TPSA) is 70.1 Å². The van der Waals surface area contributed by atoms with Crippen molar-refractivity contribution in [3.8, 4) is 6.07 Å².